The molecular weight excluding hydrogens is 234 g/mol. The second-order valence-corrected chi connectivity index (χ2v) is 6.92. The van der Waals surface area contributed by atoms with Gasteiger partial charge in [-0.05, 0) is 39.9 Å². The summed E-state index contributed by atoms with van der Waals surface area (Å²) in [6, 6.07) is 2.20. The highest BCUT2D eigenvalue weighted by molar-refractivity contribution is 4.94. The van der Waals surface area contributed by atoms with E-state index < -0.39 is 0 Å². The average molecular weight is 267 g/mol. The summed E-state index contributed by atoms with van der Waals surface area (Å²) in [5.74, 6) is 0.804. The first-order valence-electron chi connectivity index (χ1n) is 8.21. The van der Waals surface area contributed by atoms with E-state index in [1.807, 2.05) is 0 Å². The van der Waals surface area contributed by atoms with Gasteiger partial charge < -0.3 is 10.2 Å². The predicted molar refractivity (Wildman–Crippen MR) is 82.5 cm³/mol. The van der Waals surface area contributed by atoms with Crippen LogP contribution in [0, 0.1) is 5.92 Å². The molecule has 0 aromatic heterocycles. The Labute approximate surface area is 119 Å². The van der Waals surface area contributed by atoms with E-state index in [2.05, 4.69) is 43.2 Å². The lowest BCUT2D eigenvalue weighted by Crippen LogP contribution is -2.49. The zero-order valence-corrected chi connectivity index (χ0v) is 13.4. The zero-order valence-electron chi connectivity index (χ0n) is 13.4. The van der Waals surface area contributed by atoms with E-state index in [-0.39, 0.29) is 0 Å². The third-order valence-corrected chi connectivity index (χ3v) is 5.33. The fourth-order valence-electron chi connectivity index (χ4n) is 4.17. The van der Waals surface area contributed by atoms with Crippen molar-refractivity contribution in [3.63, 3.8) is 0 Å². The Hall–Kier alpha value is -0.120. The van der Waals surface area contributed by atoms with Gasteiger partial charge in [0.25, 0.3) is 0 Å². The summed E-state index contributed by atoms with van der Waals surface area (Å²) in [6.07, 6.45) is 8.44. The number of likely N-dealkylation sites (tertiary alicyclic amines) is 1. The van der Waals surface area contributed by atoms with Crippen LogP contribution in [0.1, 0.15) is 45.4 Å². The molecular formula is C16H33N3. The summed E-state index contributed by atoms with van der Waals surface area (Å²) in [6.45, 7) is 4.96. The predicted octanol–water partition coefficient (Wildman–Crippen LogP) is 2.18. The average Bonchev–Trinajstić information content (AvgIpc) is 2.71. The van der Waals surface area contributed by atoms with Crippen molar-refractivity contribution in [3.8, 4) is 0 Å². The SMILES string of the molecule is CNC1CCCCCCC1N1CC(C)C(N(C)C)C1. The number of rotatable bonds is 3. The Bertz CT molecular complexity index is 267. The molecule has 0 radical (unpaired) electrons. The van der Waals surface area contributed by atoms with Gasteiger partial charge in [0.15, 0.2) is 0 Å². The Morgan fingerprint density at radius 1 is 1.00 bits per heavy atom. The number of nitrogens with zero attached hydrogens (tertiary/aromatic N) is 2. The molecule has 1 aliphatic carbocycles. The zero-order chi connectivity index (χ0) is 13.8. The van der Waals surface area contributed by atoms with Crippen molar-refractivity contribution in [1.29, 1.82) is 0 Å². The first kappa shape index (κ1) is 15.3. The Balaban J connectivity index is 2.01. The van der Waals surface area contributed by atoms with E-state index in [9.17, 15) is 0 Å². The largest absolute Gasteiger partial charge is 0.315 e. The Morgan fingerprint density at radius 2 is 1.68 bits per heavy atom. The molecule has 0 amide bonds. The van der Waals surface area contributed by atoms with Gasteiger partial charge in [0.2, 0.25) is 0 Å². The lowest BCUT2D eigenvalue weighted by atomic mass is 9.91. The highest BCUT2D eigenvalue weighted by Crippen LogP contribution is 2.28. The van der Waals surface area contributed by atoms with E-state index in [4.69, 9.17) is 0 Å². The fraction of sp³-hybridized carbons (Fsp3) is 1.00. The monoisotopic (exact) mass is 267 g/mol. The molecule has 19 heavy (non-hydrogen) atoms. The molecule has 2 rings (SSSR count). The molecule has 4 atom stereocenters. The molecule has 4 unspecified atom stereocenters. The van der Waals surface area contributed by atoms with E-state index in [1.165, 1.54) is 51.6 Å². The normalized spacial score (nSPS) is 38.4. The van der Waals surface area contributed by atoms with Crippen molar-refractivity contribution >= 4 is 0 Å². The minimum absolute atomic E-state index is 0.702. The van der Waals surface area contributed by atoms with Crippen LogP contribution in [0.25, 0.3) is 0 Å². The van der Waals surface area contributed by atoms with Crippen LogP contribution in [0.2, 0.25) is 0 Å². The van der Waals surface area contributed by atoms with Gasteiger partial charge in [-0.3, -0.25) is 4.90 Å². The summed E-state index contributed by atoms with van der Waals surface area (Å²) in [5, 5.41) is 3.60. The minimum Gasteiger partial charge on any atom is -0.315 e. The second-order valence-electron chi connectivity index (χ2n) is 6.92. The van der Waals surface area contributed by atoms with Gasteiger partial charge in [0, 0.05) is 31.2 Å². The van der Waals surface area contributed by atoms with Crippen molar-refractivity contribution in [2.45, 2.75) is 63.6 Å². The van der Waals surface area contributed by atoms with E-state index in [0.717, 1.165) is 18.0 Å². The van der Waals surface area contributed by atoms with Crippen molar-refractivity contribution in [2.24, 2.45) is 5.92 Å². The number of nitrogens with one attached hydrogen (secondary N) is 1. The summed E-state index contributed by atoms with van der Waals surface area (Å²) in [7, 11) is 6.62. The molecule has 0 spiro atoms. The van der Waals surface area contributed by atoms with E-state index >= 15 is 0 Å². The Morgan fingerprint density at radius 3 is 2.26 bits per heavy atom. The first-order chi connectivity index (χ1) is 9.13. The molecule has 3 heteroatoms. The maximum Gasteiger partial charge on any atom is 0.0254 e. The van der Waals surface area contributed by atoms with Crippen molar-refractivity contribution in [3.05, 3.63) is 0 Å². The molecule has 1 saturated carbocycles. The lowest BCUT2D eigenvalue weighted by molar-refractivity contribution is 0.154. The van der Waals surface area contributed by atoms with Gasteiger partial charge in [0.1, 0.15) is 0 Å². The smallest absolute Gasteiger partial charge is 0.0254 e. The van der Waals surface area contributed by atoms with Gasteiger partial charge >= 0.3 is 0 Å². The van der Waals surface area contributed by atoms with Crippen molar-refractivity contribution in [1.82, 2.24) is 15.1 Å². The first-order valence-corrected chi connectivity index (χ1v) is 8.21. The molecule has 0 aromatic rings. The van der Waals surface area contributed by atoms with Gasteiger partial charge in [-0.15, -0.1) is 0 Å². The molecule has 2 fully saturated rings. The highest BCUT2D eigenvalue weighted by Gasteiger charge is 2.37. The van der Waals surface area contributed by atoms with Crippen LogP contribution in [-0.4, -0.2) is 62.2 Å². The summed E-state index contributed by atoms with van der Waals surface area (Å²) in [5.41, 5.74) is 0. The van der Waals surface area contributed by atoms with Gasteiger partial charge in [-0.1, -0.05) is 32.6 Å². The van der Waals surface area contributed by atoms with E-state index in [0.29, 0.717) is 6.04 Å². The van der Waals surface area contributed by atoms with Crippen LogP contribution in [0.3, 0.4) is 0 Å². The fourth-order valence-corrected chi connectivity index (χ4v) is 4.17. The molecule has 0 bridgehead atoms. The molecule has 0 aromatic carbocycles. The molecule has 112 valence electrons. The van der Waals surface area contributed by atoms with Gasteiger partial charge in [-0.2, -0.15) is 0 Å². The van der Waals surface area contributed by atoms with Crippen LogP contribution in [0.5, 0.6) is 0 Å². The minimum atomic E-state index is 0.702. The van der Waals surface area contributed by atoms with Crippen LogP contribution in [-0.2, 0) is 0 Å². The molecule has 3 nitrogen and oxygen atoms in total. The molecule has 1 aliphatic heterocycles. The third-order valence-electron chi connectivity index (χ3n) is 5.33. The number of hydrogen-bond acceptors (Lipinski definition) is 3. The van der Waals surface area contributed by atoms with Crippen LogP contribution in [0.4, 0.5) is 0 Å². The van der Waals surface area contributed by atoms with Crippen molar-refractivity contribution < 1.29 is 0 Å². The van der Waals surface area contributed by atoms with Gasteiger partial charge in [-0.25, -0.2) is 0 Å². The highest BCUT2D eigenvalue weighted by atomic mass is 15.3. The molecule has 1 N–H and O–H groups in total. The molecule has 2 aliphatic rings. The quantitative estimate of drug-likeness (QED) is 0.845. The standard InChI is InChI=1S/C16H33N3/c1-13-11-19(12-16(13)18(3)4)15-10-8-6-5-7-9-14(15)17-2/h13-17H,5-12H2,1-4H3. The third kappa shape index (κ3) is 3.71. The van der Waals surface area contributed by atoms with Crippen LogP contribution >= 0.6 is 0 Å². The maximum atomic E-state index is 3.60. The van der Waals surface area contributed by atoms with E-state index in [1.54, 1.807) is 0 Å². The van der Waals surface area contributed by atoms with Crippen molar-refractivity contribution in [2.75, 3.05) is 34.2 Å². The topological polar surface area (TPSA) is 18.5 Å². The lowest BCUT2D eigenvalue weighted by Gasteiger charge is -2.36. The van der Waals surface area contributed by atoms with Crippen LogP contribution in [0.15, 0.2) is 0 Å². The Kier molecular flexibility index (Phi) is 5.67. The van der Waals surface area contributed by atoms with Crippen LogP contribution < -0.4 is 5.32 Å². The molecule has 1 heterocycles. The molecule has 1 saturated heterocycles. The van der Waals surface area contributed by atoms with Gasteiger partial charge in [0.05, 0.1) is 0 Å². The number of likely N-dealkylation sites (N-methyl/N-ethyl adjacent to an activating group) is 2. The summed E-state index contributed by atoms with van der Waals surface area (Å²) >= 11 is 0. The summed E-state index contributed by atoms with van der Waals surface area (Å²) in [4.78, 5) is 5.20. The number of hydrogen-bond donors (Lipinski definition) is 1. The second kappa shape index (κ2) is 7.05. The summed E-state index contributed by atoms with van der Waals surface area (Å²) < 4.78 is 0. The maximum absolute atomic E-state index is 3.60.